The molecule has 1 atom stereocenters. The number of thiophene rings is 1. The van der Waals surface area contributed by atoms with Gasteiger partial charge in [0.2, 0.25) is 0 Å². The molecule has 1 N–H and O–H groups in total. The van der Waals surface area contributed by atoms with Crippen molar-refractivity contribution in [1.82, 2.24) is 5.32 Å². The van der Waals surface area contributed by atoms with E-state index >= 15 is 0 Å². The zero-order valence-corrected chi connectivity index (χ0v) is 24.4. The SMILES string of the molecule is c1ccc(C2=NC(c3ccccc3)NC(c3ccc4c(c3)oc3ccc(-c5cccc6c5sc5ccccc56)cc34)=N2)cc1. The molecule has 8 aromatic rings. The molecule has 9 rings (SSSR count). The molecular weight excluding hydrogens is 559 g/mol. The van der Waals surface area contributed by atoms with E-state index in [1.54, 1.807) is 0 Å². The third kappa shape index (κ3) is 4.13. The number of aliphatic imine (C=N–C) groups is 2. The van der Waals surface area contributed by atoms with Crippen LogP contribution in [0.4, 0.5) is 0 Å². The van der Waals surface area contributed by atoms with Gasteiger partial charge in [0, 0.05) is 42.1 Å². The maximum absolute atomic E-state index is 6.42. The number of nitrogens with one attached hydrogen (secondary N) is 1. The zero-order chi connectivity index (χ0) is 29.0. The van der Waals surface area contributed by atoms with E-state index in [1.165, 1.54) is 31.3 Å². The zero-order valence-electron chi connectivity index (χ0n) is 23.6. The van der Waals surface area contributed by atoms with E-state index in [2.05, 4.69) is 96.3 Å². The highest BCUT2D eigenvalue weighted by molar-refractivity contribution is 7.26. The first-order valence-corrected chi connectivity index (χ1v) is 15.5. The second kappa shape index (κ2) is 10.0. The quantitative estimate of drug-likeness (QED) is 0.224. The van der Waals surface area contributed by atoms with E-state index in [1.807, 2.05) is 59.9 Å². The van der Waals surface area contributed by atoms with E-state index in [9.17, 15) is 0 Å². The van der Waals surface area contributed by atoms with Gasteiger partial charge < -0.3 is 9.73 Å². The van der Waals surface area contributed by atoms with Gasteiger partial charge in [-0.25, -0.2) is 9.98 Å². The van der Waals surface area contributed by atoms with E-state index in [0.717, 1.165) is 44.5 Å². The summed E-state index contributed by atoms with van der Waals surface area (Å²) in [6.45, 7) is 0. The first kappa shape index (κ1) is 25.0. The fourth-order valence-electron chi connectivity index (χ4n) is 6.19. The highest BCUT2D eigenvalue weighted by atomic mass is 32.1. The number of benzene rings is 6. The average Bonchev–Trinajstić information content (AvgIpc) is 3.66. The molecule has 0 radical (unpaired) electrons. The Bertz CT molecular complexity index is 2420. The molecule has 1 aliphatic rings. The molecule has 2 aromatic heterocycles. The van der Waals surface area contributed by atoms with Crippen LogP contribution in [-0.2, 0) is 0 Å². The van der Waals surface area contributed by atoms with Gasteiger partial charge in [-0.2, -0.15) is 0 Å². The van der Waals surface area contributed by atoms with Crippen molar-refractivity contribution < 1.29 is 4.42 Å². The Morgan fingerprint density at radius 1 is 0.568 bits per heavy atom. The van der Waals surface area contributed by atoms with Gasteiger partial charge in [-0.3, -0.25) is 0 Å². The van der Waals surface area contributed by atoms with E-state index < -0.39 is 0 Å². The molecule has 0 bridgehead atoms. The summed E-state index contributed by atoms with van der Waals surface area (Å²) in [4.78, 5) is 9.94. The monoisotopic (exact) mass is 583 g/mol. The van der Waals surface area contributed by atoms with Crippen LogP contribution < -0.4 is 5.32 Å². The molecule has 5 heteroatoms. The summed E-state index contributed by atoms with van der Waals surface area (Å²) in [5, 5.41) is 8.37. The number of rotatable bonds is 4. The third-order valence-electron chi connectivity index (χ3n) is 8.35. The number of hydrogen-bond donors (Lipinski definition) is 1. The van der Waals surface area contributed by atoms with Gasteiger partial charge in [-0.15, -0.1) is 11.3 Å². The maximum Gasteiger partial charge on any atom is 0.159 e. The van der Waals surface area contributed by atoms with Gasteiger partial charge in [0.05, 0.1) is 0 Å². The second-order valence-corrected chi connectivity index (χ2v) is 12.1. The molecular formula is C39H25N3OS. The predicted octanol–water partition coefficient (Wildman–Crippen LogP) is 10.1. The number of nitrogens with zero attached hydrogens (tertiary/aromatic N) is 2. The largest absolute Gasteiger partial charge is 0.456 e. The normalized spacial score (nSPS) is 15.0. The van der Waals surface area contributed by atoms with Crippen molar-refractivity contribution in [3.8, 4) is 11.1 Å². The van der Waals surface area contributed by atoms with Crippen molar-refractivity contribution in [3.05, 3.63) is 156 Å². The van der Waals surface area contributed by atoms with Crippen LogP contribution in [0.2, 0.25) is 0 Å². The molecule has 0 aliphatic carbocycles. The van der Waals surface area contributed by atoms with Crippen LogP contribution in [0.15, 0.2) is 154 Å². The van der Waals surface area contributed by atoms with Crippen LogP contribution in [0, 0.1) is 0 Å². The van der Waals surface area contributed by atoms with Crippen molar-refractivity contribution in [2.24, 2.45) is 9.98 Å². The Morgan fingerprint density at radius 3 is 2.23 bits per heavy atom. The fraction of sp³-hybridized carbons (Fsp3) is 0.0256. The van der Waals surface area contributed by atoms with Gasteiger partial charge in [-0.1, -0.05) is 109 Å². The van der Waals surface area contributed by atoms with Crippen LogP contribution in [0.1, 0.15) is 22.9 Å². The van der Waals surface area contributed by atoms with E-state index in [0.29, 0.717) is 5.84 Å². The first-order valence-electron chi connectivity index (χ1n) is 14.7. The maximum atomic E-state index is 6.42. The highest BCUT2D eigenvalue weighted by Crippen LogP contribution is 2.41. The smallest absolute Gasteiger partial charge is 0.159 e. The minimum Gasteiger partial charge on any atom is -0.456 e. The van der Waals surface area contributed by atoms with E-state index in [4.69, 9.17) is 14.4 Å². The van der Waals surface area contributed by atoms with Crippen molar-refractivity contribution >= 4 is 65.1 Å². The Kier molecular flexibility index (Phi) is 5.71. The fourth-order valence-corrected chi connectivity index (χ4v) is 7.42. The van der Waals surface area contributed by atoms with Gasteiger partial charge in [0.25, 0.3) is 0 Å². The summed E-state index contributed by atoms with van der Waals surface area (Å²) in [6, 6.07) is 48.6. The third-order valence-corrected chi connectivity index (χ3v) is 9.57. The molecule has 0 fully saturated rings. The van der Waals surface area contributed by atoms with Crippen LogP contribution in [0.25, 0.3) is 53.2 Å². The molecule has 44 heavy (non-hydrogen) atoms. The second-order valence-electron chi connectivity index (χ2n) is 11.0. The molecule has 0 spiro atoms. The van der Waals surface area contributed by atoms with Crippen LogP contribution >= 0.6 is 11.3 Å². The molecule has 1 unspecified atom stereocenters. The summed E-state index contributed by atoms with van der Waals surface area (Å²) in [5.74, 6) is 1.48. The Morgan fingerprint density at radius 2 is 1.34 bits per heavy atom. The first-order chi connectivity index (χ1) is 21.8. The van der Waals surface area contributed by atoms with Gasteiger partial charge in [0.1, 0.15) is 23.2 Å². The molecule has 1 aliphatic heterocycles. The molecule has 0 saturated carbocycles. The van der Waals surface area contributed by atoms with Crippen molar-refractivity contribution in [2.75, 3.05) is 0 Å². The number of amidine groups is 2. The van der Waals surface area contributed by atoms with Crippen molar-refractivity contribution in [2.45, 2.75) is 6.17 Å². The summed E-state index contributed by atoms with van der Waals surface area (Å²) >= 11 is 1.86. The Balaban J connectivity index is 1.14. The minimum absolute atomic E-state index is 0.246. The summed E-state index contributed by atoms with van der Waals surface area (Å²) in [5.41, 5.74) is 7.16. The molecule has 6 aromatic carbocycles. The number of fused-ring (bicyclic) bond motifs is 6. The topological polar surface area (TPSA) is 49.9 Å². The predicted molar refractivity (Wildman–Crippen MR) is 184 cm³/mol. The van der Waals surface area contributed by atoms with E-state index in [-0.39, 0.29) is 6.17 Å². The lowest BCUT2D eigenvalue weighted by Gasteiger charge is -2.23. The van der Waals surface area contributed by atoms with Gasteiger partial charge in [0.15, 0.2) is 5.84 Å². The highest BCUT2D eigenvalue weighted by Gasteiger charge is 2.22. The van der Waals surface area contributed by atoms with Crippen molar-refractivity contribution in [3.63, 3.8) is 0 Å². The Hall–Kier alpha value is -5.52. The summed E-state index contributed by atoms with van der Waals surface area (Å²) < 4.78 is 9.05. The lowest BCUT2D eigenvalue weighted by molar-refractivity contribution is 0.666. The summed E-state index contributed by atoms with van der Waals surface area (Å²) in [7, 11) is 0. The standard InChI is InChI=1S/C39H25N3OS/c1-3-10-24(11-4-1)37-40-38(25-12-5-2-6-13-25)42-39(41-37)27-18-20-29-32-22-26(19-21-33(32)43-34(29)23-27)28-15-9-16-31-30-14-7-8-17-35(30)44-36(28)31/h1-23,37H,(H,40,41,42). The minimum atomic E-state index is -0.246. The van der Waals surface area contributed by atoms with Crippen LogP contribution in [0.5, 0.6) is 0 Å². The van der Waals surface area contributed by atoms with Gasteiger partial charge >= 0.3 is 0 Å². The molecule has 0 saturated heterocycles. The molecule has 4 nitrogen and oxygen atoms in total. The molecule has 3 heterocycles. The lowest BCUT2D eigenvalue weighted by atomic mass is 10.0. The molecule has 0 amide bonds. The average molecular weight is 584 g/mol. The molecule has 208 valence electrons. The summed E-state index contributed by atoms with van der Waals surface area (Å²) in [6.07, 6.45) is -0.246. The van der Waals surface area contributed by atoms with Crippen LogP contribution in [0.3, 0.4) is 0 Å². The number of hydrogen-bond acceptors (Lipinski definition) is 5. The van der Waals surface area contributed by atoms with Crippen molar-refractivity contribution in [1.29, 1.82) is 0 Å². The van der Waals surface area contributed by atoms with Gasteiger partial charge in [-0.05, 0) is 47.0 Å². The Labute approximate surface area is 257 Å². The lowest BCUT2D eigenvalue weighted by Crippen LogP contribution is -2.33. The number of furan rings is 1. The van der Waals surface area contributed by atoms with Crippen LogP contribution in [-0.4, -0.2) is 11.7 Å².